The average Bonchev–Trinajstić information content (AvgIpc) is 3.04. The standard InChI is InChI=1S/C21H21F6N3OS/c22-20(23,24)15-3-2-14(16(11-15)21(25,26)27)12-29-8-4-13(5-9-29)10-17-18-28-6-1-7-30(18)19(31)32-17/h2-3,10-11,13H,1,4-9,12H2. The van der Waals surface area contributed by atoms with Crippen molar-refractivity contribution in [1.29, 1.82) is 0 Å². The van der Waals surface area contributed by atoms with E-state index in [2.05, 4.69) is 4.99 Å². The molecular weight excluding hydrogens is 456 g/mol. The van der Waals surface area contributed by atoms with Crippen LogP contribution in [-0.4, -0.2) is 29.1 Å². The Kier molecular flexibility index (Phi) is 6.23. The number of nitrogens with zero attached hydrogens (tertiary/aromatic N) is 3. The van der Waals surface area contributed by atoms with Gasteiger partial charge in [0, 0.05) is 19.6 Å². The van der Waals surface area contributed by atoms with Crippen LogP contribution in [0, 0.1) is 5.92 Å². The summed E-state index contributed by atoms with van der Waals surface area (Å²) in [5.41, 5.74) is -1.99. The van der Waals surface area contributed by atoms with Gasteiger partial charge >= 0.3 is 17.2 Å². The van der Waals surface area contributed by atoms with Crippen molar-refractivity contribution < 1.29 is 26.3 Å². The molecule has 0 spiro atoms. The lowest BCUT2D eigenvalue weighted by Crippen LogP contribution is -2.37. The fourth-order valence-corrected chi connectivity index (χ4v) is 5.19. The van der Waals surface area contributed by atoms with Gasteiger partial charge in [-0.3, -0.25) is 19.3 Å². The van der Waals surface area contributed by atoms with Crippen LogP contribution in [0.1, 0.15) is 36.0 Å². The van der Waals surface area contributed by atoms with Crippen LogP contribution in [0.3, 0.4) is 0 Å². The number of fused-ring (bicyclic) bond motifs is 1. The van der Waals surface area contributed by atoms with Gasteiger partial charge in [-0.2, -0.15) is 26.3 Å². The minimum absolute atomic E-state index is 0.0332. The molecule has 1 saturated heterocycles. The molecule has 174 valence electrons. The summed E-state index contributed by atoms with van der Waals surface area (Å²) in [5, 5.41) is 0. The molecule has 1 fully saturated rings. The molecule has 0 N–H and O–H groups in total. The zero-order valence-electron chi connectivity index (χ0n) is 17.0. The second-order valence-corrected chi connectivity index (χ2v) is 9.08. The third-order valence-electron chi connectivity index (χ3n) is 5.85. The third-order valence-corrected chi connectivity index (χ3v) is 6.78. The second kappa shape index (κ2) is 8.66. The Bertz CT molecular complexity index is 1160. The molecule has 0 atom stereocenters. The Morgan fingerprint density at radius 2 is 1.78 bits per heavy atom. The lowest BCUT2D eigenvalue weighted by atomic mass is 9.95. The van der Waals surface area contributed by atoms with E-state index in [1.54, 1.807) is 4.57 Å². The maximum absolute atomic E-state index is 13.4. The molecule has 1 aromatic carbocycles. The number of hydrogen-bond donors (Lipinski definition) is 0. The highest BCUT2D eigenvalue weighted by molar-refractivity contribution is 7.07. The van der Waals surface area contributed by atoms with E-state index in [-0.39, 0.29) is 29.0 Å². The molecular formula is C21H21F6N3OS. The highest BCUT2D eigenvalue weighted by atomic mass is 32.1. The number of alkyl halides is 6. The van der Waals surface area contributed by atoms with Crippen molar-refractivity contribution >= 4 is 17.4 Å². The molecule has 2 aliphatic heterocycles. The maximum atomic E-state index is 13.4. The van der Waals surface area contributed by atoms with Crippen molar-refractivity contribution in [3.05, 3.63) is 54.6 Å². The van der Waals surface area contributed by atoms with E-state index < -0.39 is 23.5 Å². The number of aromatic nitrogens is 1. The van der Waals surface area contributed by atoms with Crippen LogP contribution < -0.4 is 14.9 Å². The number of rotatable bonds is 3. The summed E-state index contributed by atoms with van der Waals surface area (Å²) >= 11 is 1.16. The molecule has 0 bridgehead atoms. The number of hydrogen-bond acceptors (Lipinski definition) is 4. The predicted molar refractivity (Wildman–Crippen MR) is 108 cm³/mol. The Balaban J connectivity index is 1.48. The van der Waals surface area contributed by atoms with E-state index in [0.29, 0.717) is 50.6 Å². The number of thiazole rings is 1. The van der Waals surface area contributed by atoms with Gasteiger partial charge in [-0.25, -0.2) is 0 Å². The molecule has 32 heavy (non-hydrogen) atoms. The first kappa shape index (κ1) is 23.0. The molecule has 3 heterocycles. The van der Waals surface area contributed by atoms with E-state index in [9.17, 15) is 31.1 Å². The van der Waals surface area contributed by atoms with Crippen LogP contribution in [0.15, 0.2) is 28.0 Å². The first-order valence-corrected chi connectivity index (χ1v) is 11.1. The van der Waals surface area contributed by atoms with Crippen LogP contribution in [0.2, 0.25) is 0 Å². The first-order chi connectivity index (χ1) is 15.0. The SMILES string of the molecule is O=c1sc(=CC2CCN(Cc3ccc(C(F)(F)F)cc3C(F)(F)F)CC2)c2n1CCCN=2. The molecule has 0 amide bonds. The molecule has 1 aromatic heterocycles. The summed E-state index contributed by atoms with van der Waals surface area (Å²) in [5.74, 6) is 0.167. The number of halogens is 6. The summed E-state index contributed by atoms with van der Waals surface area (Å²) in [7, 11) is 0. The summed E-state index contributed by atoms with van der Waals surface area (Å²) < 4.78 is 81.3. The van der Waals surface area contributed by atoms with E-state index in [4.69, 9.17) is 0 Å². The fraction of sp³-hybridized carbons (Fsp3) is 0.524. The van der Waals surface area contributed by atoms with Crippen LogP contribution in [0.5, 0.6) is 0 Å². The molecule has 0 unspecified atom stereocenters. The average molecular weight is 477 g/mol. The second-order valence-electron chi connectivity index (χ2n) is 8.09. The highest BCUT2D eigenvalue weighted by Crippen LogP contribution is 2.38. The maximum Gasteiger partial charge on any atom is 0.416 e. The number of likely N-dealkylation sites (tertiary alicyclic amines) is 1. The minimum atomic E-state index is -4.86. The van der Waals surface area contributed by atoms with Gasteiger partial charge in [-0.05, 0) is 56.0 Å². The third kappa shape index (κ3) is 4.93. The Morgan fingerprint density at radius 1 is 1.06 bits per heavy atom. The molecule has 11 heteroatoms. The van der Waals surface area contributed by atoms with E-state index in [0.717, 1.165) is 28.4 Å². The molecule has 2 aromatic rings. The number of benzene rings is 1. The van der Waals surface area contributed by atoms with Crippen molar-refractivity contribution in [1.82, 2.24) is 9.47 Å². The van der Waals surface area contributed by atoms with Gasteiger partial charge in [0.25, 0.3) is 0 Å². The van der Waals surface area contributed by atoms with Gasteiger partial charge in [0.15, 0.2) is 0 Å². The van der Waals surface area contributed by atoms with E-state index in [1.165, 1.54) is 0 Å². The van der Waals surface area contributed by atoms with Crippen LogP contribution in [-0.2, 0) is 25.4 Å². The molecule has 2 aliphatic rings. The largest absolute Gasteiger partial charge is 0.416 e. The number of piperidine rings is 1. The Morgan fingerprint density at radius 3 is 2.44 bits per heavy atom. The van der Waals surface area contributed by atoms with Crippen molar-refractivity contribution in [3.8, 4) is 0 Å². The summed E-state index contributed by atoms with van der Waals surface area (Å²) in [6, 6.07) is 1.82. The predicted octanol–water partition coefficient (Wildman–Crippen LogP) is 3.66. The van der Waals surface area contributed by atoms with Gasteiger partial charge in [0.05, 0.1) is 15.7 Å². The van der Waals surface area contributed by atoms with Gasteiger partial charge in [0.2, 0.25) is 0 Å². The summed E-state index contributed by atoms with van der Waals surface area (Å²) in [6.45, 7) is 2.31. The van der Waals surface area contributed by atoms with Crippen LogP contribution in [0.4, 0.5) is 26.3 Å². The topological polar surface area (TPSA) is 37.6 Å². The smallest absolute Gasteiger partial charge is 0.299 e. The van der Waals surface area contributed by atoms with Crippen molar-refractivity contribution in [2.24, 2.45) is 10.9 Å². The molecule has 4 rings (SSSR count). The van der Waals surface area contributed by atoms with Crippen molar-refractivity contribution in [3.63, 3.8) is 0 Å². The zero-order valence-corrected chi connectivity index (χ0v) is 17.8. The normalized spacial score (nSPS) is 19.1. The summed E-state index contributed by atoms with van der Waals surface area (Å²) in [4.78, 5) is 18.4. The molecule has 0 radical (unpaired) electrons. The van der Waals surface area contributed by atoms with Gasteiger partial charge < -0.3 is 0 Å². The molecule has 0 aliphatic carbocycles. The van der Waals surface area contributed by atoms with Gasteiger partial charge in [-0.15, -0.1) is 0 Å². The van der Waals surface area contributed by atoms with E-state index in [1.807, 2.05) is 11.0 Å². The van der Waals surface area contributed by atoms with Gasteiger partial charge in [0.1, 0.15) is 5.49 Å². The summed E-state index contributed by atoms with van der Waals surface area (Å²) in [6.07, 6.45) is -5.45. The zero-order chi connectivity index (χ0) is 23.1. The molecule has 4 nitrogen and oxygen atoms in total. The van der Waals surface area contributed by atoms with E-state index >= 15 is 0 Å². The van der Waals surface area contributed by atoms with Crippen LogP contribution >= 0.6 is 11.3 Å². The first-order valence-electron chi connectivity index (χ1n) is 10.3. The molecule has 0 saturated carbocycles. The highest BCUT2D eigenvalue weighted by Gasteiger charge is 2.38. The van der Waals surface area contributed by atoms with Crippen molar-refractivity contribution in [2.45, 2.75) is 44.7 Å². The quantitative estimate of drug-likeness (QED) is 0.633. The Hall–Kier alpha value is -2.14. The van der Waals surface area contributed by atoms with Crippen molar-refractivity contribution in [2.75, 3.05) is 19.6 Å². The lowest BCUT2D eigenvalue weighted by molar-refractivity contribution is -0.143. The monoisotopic (exact) mass is 477 g/mol. The van der Waals surface area contributed by atoms with Gasteiger partial charge in [-0.1, -0.05) is 23.5 Å². The lowest BCUT2D eigenvalue weighted by Gasteiger charge is -2.31. The van der Waals surface area contributed by atoms with Crippen LogP contribution in [0.25, 0.3) is 6.08 Å². The minimum Gasteiger partial charge on any atom is -0.299 e. The Labute approximate surface area is 183 Å². The fourth-order valence-electron chi connectivity index (χ4n) is 4.18.